The molecule has 3 heterocycles. The van der Waals surface area contributed by atoms with E-state index in [-0.39, 0.29) is 48.5 Å². The van der Waals surface area contributed by atoms with Gasteiger partial charge < -0.3 is 9.30 Å². The monoisotopic (exact) mass is 1030 g/mol. The molecule has 0 atom stereocenters. The van der Waals surface area contributed by atoms with Crippen molar-refractivity contribution in [2.45, 2.75) is 97.8 Å². The van der Waals surface area contributed by atoms with Crippen molar-refractivity contribution in [3.63, 3.8) is 0 Å². The number of ether oxygens (including phenoxy) is 1. The van der Waals surface area contributed by atoms with Gasteiger partial charge in [-0.2, -0.15) is 12.1 Å². The molecule has 0 fully saturated rings. The summed E-state index contributed by atoms with van der Waals surface area (Å²) in [6.45, 7) is 24.8. The number of hydrogen-bond acceptors (Lipinski definition) is 2. The van der Waals surface area contributed by atoms with Gasteiger partial charge in [-0.15, -0.1) is 23.6 Å². The van der Waals surface area contributed by atoms with Crippen LogP contribution in [0.5, 0.6) is 11.5 Å². The molecule has 0 saturated heterocycles. The molecule has 8 aromatic rings. The van der Waals surface area contributed by atoms with Crippen molar-refractivity contribution in [3.8, 4) is 17.3 Å². The summed E-state index contributed by atoms with van der Waals surface area (Å²) >= 11 is 0. The summed E-state index contributed by atoms with van der Waals surface area (Å²) in [5, 5.41) is 1.64. The normalized spacial score (nSPS) is 13.1. The summed E-state index contributed by atoms with van der Waals surface area (Å²) in [4.78, 5) is 4.79. The first-order valence-corrected chi connectivity index (χ1v) is 21.8. The van der Waals surface area contributed by atoms with E-state index in [1.54, 1.807) is 6.07 Å². The molecule has 0 N–H and O–H groups in total. The second-order valence-corrected chi connectivity index (χ2v) is 20.4. The quantitative estimate of drug-likeness (QED) is 0.118. The molecular formula is C57H55FN4OPt+2. The van der Waals surface area contributed by atoms with E-state index in [1.165, 1.54) is 28.3 Å². The standard InChI is InChI=1S/C57H55FN4O.Pt/c1-54(2,3)38-27-28-59-52(32-38)62-49-26-23-41(58)33-47(49)46-25-24-45(35-51(46)62)63-44-20-15-19-42(34-44)60-36-61(43-30-39(55(4,5)6)29-40(31-43)56(7,8)9)53-48(21-16-22-50(53)60)57(10,11)37-17-13-12-14-18-37;/h12-33H,1-11H3;/q;+2. The van der Waals surface area contributed by atoms with Gasteiger partial charge in [-0.25, -0.2) is 9.37 Å². The average Bonchev–Trinajstić information content (AvgIpc) is 3.79. The summed E-state index contributed by atoms with van der Waals surface area (Å²) in [7, 11) is 0. The summed E-state index contributed by atoms with van der Waals surface area (Å²) in [5.74, 6) is 1.46. The fourth-order valence-corrected chi connectivity index (χ4v) is 8.59. The predicted molar refractivity (Wildman–Crippen MR) is 258 cm³/mol. The third-order valence-corrected chi connectivity index (χ3v) is 12.4. The molecule has 0 radical (unpaired) electrons. The van der Waals surface area contributed by atoms with Crippen molar-refractivity contribution in [1.82, 2.24) is 18.7 Å². The molecule has 0 aliphatic carbocycles. The van der Waals surface area contributed by atoms with Crippen molar-refractivity contribution in [1.29, 1.82) is 0 Å². The van der Waals surface area contributed by atoms with Crippen molar-refractivity contribution in [2.75, 3.05) is 0 Å². The van der Waals surface area contributed by atoms with Crippen LogP contribution in [0.2, 0.25) is 0 Å². The molecular weight excluding hydrogens is 971 g/mol. The van der Waals surface area contributed by atoms with Crippen LogP contribution in [-0.4, -0.2) is 15.6 Å². The van der Waals surface area contributed by atoms with Crippen LogP contribution in [0.15, 0.2) is 134 Å². The molecule has 1 aliphatic heterocycles. The number of pyridine rings is 1. The molecule has 7 heteroatoms. The van der Waals surface area contributed by atoms with Crippen LogP contribution in [0.1, 0.15) is 104 Å². The predicted octanol–water partition coefficient (Wildman–Crippen LogP) is 14.8. The fourth-order valence-electron chi connectivity index (χ4n) is 8.59. The van der Waals surface area contributed by atoms with Gasteiger partial charge in [-0.3, -0.25) is 0 Å². The maximum Gasteiger partial charge on any atom is 2.00 e. The summed E-state index contributed by atoms with van der Waals surface area (Å²) < 4.78 is 27.8. The number of para-hydroxylation sites is 1. The minimum Gasteiger partial charge on any atom is -0.509 e. The van der Waals surface area contributed by atoms with E-state index in [9.17, 15) is 4.39 Å². The largest absolute Gasteiger partial charge is 2.00 e. The fraction of sp³-hybridized carbons (Fsp3) is 0.263. The zero-order valence-corrected chi connectivity index (χ0v) is 40.9. The first kappa shape index (κ1) is 44.7. The van der Waals surface area contributed by atoms with Crippen molar-refractivity contribution >= 4 is 50.6 Å². The van der Waals surface area contributed by atoms with Gasteiger partial charge in [0.05, 0.1) is 0 Å². The van der Waals surface area contributed by atoms with Gasteiger partial charge in [0.25, 0.3) is 5.69 Å². The molecule has 2 aromatic heterocycles. The Morgan fingerprint density at radius 1 is 0.594 bits per heavy atom. The van der Waals surface area contributed by atoms with Gasteiger partial charge in [0.2, 0.25) is 5.69 Å². The Hall–Kier alpha value is -5.93. The number of rotatable bonds is 7. The van der Waals surface area contributed by atoms with E-state index in [2.05, 4.69) is 176 Å². The summed E-state index contributed by atoms with van der Waals surface area (Å²) in [5.41, 5.74) is 11.0. The molecule has 9 rings (SSSR count). The van der Waals surface area contributed by atoms with Gasteiger partial charge in [0.15, 0.2) is 0 Å². The Bertz CT molecular complexity index is 3140. The van der Waals surface area contributed by atoms with Crippen LogP contribution in [0.25, 0.3) is 27.6 Å². The van der Waals surface area contributed by atoms with Gasteiger partial charge >= 0.3 is 32.8 Å². The molecule has 324 valence electrons. The molecule has 0 amide bonds. The van der Waals surface area contributed by atoms with Crippen molar-refractivity contribution in [3.05, 3.63) is 179 Å². The van der Waals surface area contributed by atoms with Crippen LogP contribution in [0, 0.1) is 17.9 Å². The molecule has 1 aliphatic rings. The first-order valence-electron chi connectivity index (χ1n) is 21.8. The SMILES string of the molecule is CC(C)(C)c1cc([N+]2=C=[N+](c3[c-]c(Oc4[c-]c5c(cc4)c4cc(F)ccc4n5-c4cc(C(C)(C)C)ccn4)ccc3)c3cccc(C(C)(C)c4ccccc4)c32)cc(C(C)(C)C)c1.[Pt+2]. The summed E-state index contributed by atoms with van der Waals surface area (Å²) in [6, 6.07) is 54.0. The van der Waals surface area contributed by atoms with E-state index in [4.69, 9.17) is 9.72 Å². The smallest absolute Gasteiger partial charge is 0.509 e. The average molecular weight is 1030 g/mol. The maximum absolute atomic E-state index is 14.8. The molecule has 64 heavy (non-hydrogen) atoms. The number of hydrogen-bond donors (Lipinski definition) is 0. The number of fused-ring (bicyclic) bond motifs is 4. The van der Waals surface area contributed by atoms with Crippen LogP contribution < -0.4 is 13.9 Å². The first-order chi connectivity index (χ1) is 29.8. The molecule has 0 bridgehead atoms. The van der Waals surface area contributed by atoms with Crippen LogP contribution in [-0.2, 0) is 42.7 Å². The third-order valence-electron chi connectivity index (χ3n) is 12.4. The van der Waals surface area contributed by atoms with E-state index in [0.717, 1.165) is 55.9 Å². The van der Waals surface area contributed by atoms with Gasteiger partial charge in [0, 0.05) is 52.4 Å². The Kier molecular flexibility index (Phi) is 11.3. The molecule has 5 nitrogen and oxygen atoms in total. The molecule has 0 spiro atoms. The topological polar surface area (TPSA) is 33.1 Å². The molecule has 0 unspecified atom stereocenters. The van der Waals surface area contributed by atoms with E-state index in [1.807, 2.05) is 53.2 Å². The van der Waals surface area contributed by atoms with E-state index in [0.29, 0.717) is 11.5 Å². The van der Waals surface area contributed by atoms with Crippen LogP contribution in [0.3, 0.4) is 0 Å². The van der Waals surface area contributed by atoms with Crippen LogP contribution in [0.4, 0.5) is 27.1 Å². The minimum atomic E-state index is -0.335. The molecule has 0 saturated carbocycles. The van der Waals surface area contributed by atoms with Gasteiger partial charge in [-0.05, 0) is 78.8 Å². The minimum absolute atomic E-state index is 0. The van der Waals surface area contributed by atoms with Crippen LogP contribution >= 0.6 is 0 Å². The zero-order valence-electron chi connectivity index (χ0n) is 38.6. The number of nitrogens with zero attached hydrogens (tertiary/aromatic N) is 4. The van der Waals surface area contributed by atoms with Crippen molar-refractivity contribution < 1.29 is 30.2 Å². The van der Waals surface area contributed by atoms with Crippen molar-refractivity contribution in [2.24, 2.45) is 0 Å². The number of benzene rings is 6. The second-order valence-electron chi connectivity index (χ2n) is 20.4. The van der Waals surface area contributed by atoms with E-state index < -0.39 is 0 Å². The Morgan fingerprint density at radius 2 is 1.27 bits per heavy atom. The number of aromatic nitrogens is 2. The van der Waals surface area contributed by atoms with Gasteiger partial charge in [-0.1, -0.05) is 147 Å². The summed E-state index contributed by atoms with van der Waals surface area (Å²) in [6.07, 6.45) is 1.83. The Morgan fingerprint density at radius 3 is 1.95 bits per heavy atom. The maximum atomic E-state index is 14.8. The van der Waals surface area contributed by atoms with E-state index >= 15 is 0 Å². The molecule has 6 aromatic carbocycles. The Balaban J connectivity index is 0.00000560. The zero-order chi connectivity index (χ0) is 44.6. The Labute approximate surface area is 391 Å². The second kappa shape index (κ2) is 16.3. The van der Waals surface area contributed by atoms with Gasteiger partial charge in [0.1, 0.15) is 17.3 Å². The third kappa shape index (κ3) is 8.19. The number of halogens is 1.